The molecular weight excluding hydrogens is 946 g/mol. The van der Waals surface area contributed by atoms with Crippen LogP contribution in [0.15, 0.2) is 223 Å². The van der Waals surface area contributed by atoms with Crippen molar-refractivity contribution in [3.05, 3.63) is 234 Å². The third-order valence-corrected chi connectivity index (χ3v) is 17.8. The first-order chi connectivity index (χ1) is 30.7. The first-order valence-electron chi connectivity index (χ1n) is 21.3. The molecule has 62 heavy (non-hydrogen) atoms. The van der Waals surface area contributed by atoms with Gasteiger partial charge in [-0.2, -0.15) is 0 Å². The van der Waals surface area contributed by atoms with Crippen molar-refractivity contribution in [2.45, 2.75) is 13.8 Å². The van der Waals surface area contributed by atoms with Crippen LogP contribution in [0.4, 0.5) is 0 Å². The molecule has 0 saturated carbocycles. The summed E-state index contributed by atoms with van der Waals surface area (Å²) in [5, 5.41) is 15.0. The first-order valence-corrected chi connectivity index (χ1v) is 24.3. The minimum atomic E-state index is -2.61. The summed E-state index contributed by atoms with van der Waals surface area (Å²) >= 11 is 1.85. The summed E-state index contributed by atoms with van der Waals surface area (Å²) in [4.78, 5) is 0. The van der Waals surface area contributed by atoms with Crippen LogP contribution in [0.25, 0.3) is 65.9 Å². The van der Waals surface area contributed by atoms with Gasteiger partial charge in [0.1, 0.15) is 0 Å². The molecule has 9 aromatic rings. The maximum atomic E-state index is 6.24. The van der Waals surface area contributed by atoms with Gasteiger partial charge in [-0.1, -0.05) is 6.08 Å². The van der Waals surface area contributed by atoms with Gasteiger partial charge < -0.3 is 0 Å². The van der Waals surface area contributed by atoms with Crippen molar-refractivity contribution in [3.63, 3.8) is 0 Å². The van der Waals surface area contributed by atoms with Crippen molar-refractivity contribution in [1.82, 2.24) is 0 Å². The number of ether oxygens (including phenoxy) is 1. The standard InChI is InChI=1S/C59H45OP.Os/c1-4-23-47-48-30-15-17-32-50(48)58(51-33-18-16-31-49(47)51)59-54-36-21-19-34-52(54)57(53-35-20-22-37-55(53)59)56(38-43-40-60-39-42(43)5-2)41(3)61(44-24-9-6-10-25-44,45-26-11-7-12-27-45)46-28-13-8-14-29-46;/h4-38H,39-40H2,1-2H3;/q+1;/b23-4+,42-5?,43-38?,56-41?;. The molecule has 3 heteroatoms. The van der Waals surface area contributed by atoms with Crippen LogP contribution in [0, 0.1) is 4.37 Å². The van der Waals surface area contributed by atoms with Crippen LogP contribution in [-0.2, 0) is 22.7 Å². The molecule has 0 amide bonds. The molecule has 0 radical (unpaired) electrons. The minimum absolute atomic E-state index is 0.556. The van der Waals surface area contributed by atoms with Gasteiger partial charge in [-0.05, 0) is 6.92 Å². The molecule has 299 valence electrons. The average Bonchev–Trinajstić information content (AvgIpc) is 3.80. The Morgan fingerprint density at radius 2 is 0.855 bits per heavy atom. The molecule has 0 unspecified atom stereocenters. The molecule has 0 aromatic heterocycles. The number of benzene rings is 9. The van der Waals surface area contributed by atoms with Crippen molar-refractivity contribution in [2.75, 3.05) is 13.2 Å². The van der Waals surface area contributed by atoms with Crippen LogP contribution < -0.4 is 15.9 Å². The zero-order valence-corrected chi connectivity index (χ0v) is 38.3. The van der Waals surface area contributed by atoms with E-state index in [-0.39, 0.29) is 0 Å². The molecule has 0 spiro atoms. The topological polar surface area (TPSA) is 9.23 Å². The Labute approximate surface area is 374 Å². The molecule has 1 nitrogen and oxygen atoms in total. The molecule has 0 aliphatic carbocycles. The van der Waals surface area contributed by atoms with Crippen molar-refractivity contribution in [2.24, 2.45) is 0 Å². The molecule has 10 rings (SSSR count). The summed E-state index contributed by atoms with van der Waals surface area (Å²) in [7, 11) is -2.61. The quantitative estimate of drug-likeness (QED) is 0.109. The third kappa shape index (κ3) is 6.59. The van der Waals surface area contributed by atoms with E-state index in [1.165, 1.54) is 103 Å². The van der Waals surface area contributed by atoms with E-state index in [1.54, 1.807) is 0 Å². The number of fused-ring (bicyclic) bond motifs is 4. The van der Waals surface area contributed by atoms with Gasteiger partial charge in [-0.25, -0.2) is 0 Å². The van der Waals surface area contributed by atoms with Crippen molar-refractivity contribution in [1.29, 1.82) is 0 Å². The van der Waals surface area contributed by atoms with Crippen LogP contribution in [0.2, 0.25) is 0 Å². The van der Waals surface area contributed by atoms with E-state index in [9.17, 15) is 0 Å². The van der Waals surface area contributed by atoms with Gasteiger partial charge in [-0.3, -0.25) is 0 Å². The number of hydrogen-bond acceptors (Lipinski definition) is 1. The summed E-state index contributed by atoms with van der Waals surface area (Å²) in [6.07, 6.45) is 9.11. The van der Waals surface area contributed by atoms with Gasteiger partial charge in [0.15, 0.2) is 0 Å². The molecule has 1 aliphatic heterocycles. The Balaban J connectivity index is 1.44. The Kier molecular flexibility index (Phi) is 11.1. The van der Waals surface area contributed by atoms with Crippen molar-refractivity contribution < 1.29 is 22.7 Å². The van der Waals surface area contributed by atoms with Gasteiger partial charge in [0.25, 0.3) is 0 Å². The van der Waals surface area contributed by atoms with E-state index in [2.05, 4.69) is 231 Å². The maximum absolute atomic E-state index is 6.24. The summed E-state index contributed by atoms with van der Waals surface area (Å²) in [6, 6.07) is 69.8. The molecule has 9 aromatic carbocycles. The predicted molar refractivity (Wildman–Crippen MR) is 265 cm³/mol. The molecule has 1 heterocycles. The number of allylic oxidation sites excluding steroid dienone is 5. The second kappa shape index (κ2) is 17.3. The van der Waals surface area contributed by atoms with Gasteiger partial charge in [0, 0.05) is 0 Å². The average molecular weight is 991 g/mol. The van der Waals surface area contributed by atoms with Crippen LogP contribution in [0.5, 0.6) is 0 Å². The van der Waals surface area contributed by atoms with Crippen LogP contribution >= 0.6 is 7.26 Å². The molecule has 1 aliphatic rings. The monoisotopic (exact) mass is 992 g/mol. The number of hydrogen-bond donors (Lipinski definition) is 0. The zero-order chi connectivity index (χ0) is 42.0. The Bertz CT molecular complexity index is 3120. The van der Waals surface area contributed by atoms with E-state index >= 15 is 0 Å². The van der Waals surface area contributed by atoms with E-state index in [0.717, 1.165) is 0 Å². The van der Waals surface area contributed by atoms with E-state index in [4.69, 9.17) is 4.74 Å². The normalized spacial score (nSPS) is 15.0. The van der Waals surface area contributed by atoms with E-state index < -0.39 is 7.26 Å². The summed E-state index contributed by atoms with van der Waals surface area (Å²) < 4.78 is 10.3. The molecular formula is C59H45OOsP+. The van der Waals surface area contributed by atoms with Crippen molar-refractivity contribution in [3.8, 4) is 15.5 Å². The Morgan fingerprint density at radius 1 is 0.484 bits per heavy atom. The first kappa shape index (κ1) is 39.9. The zero-order valence-electron chi connectivity index (χ0n) is 34.8. The fraction of sp³-hybridized carbons (Fsp3) is 0.0678. The molecule has 0 bridgehead atoms. The predicted octanol–water partition coefficient (Wildman–Crippen LogP) is 14.1. The van der Waals surface area contributed by atoms with Gasteiger partial charge in [0.2, 0.25) is 0 Å². The fourth-order valence-electron chi connectivity index (χ4n) is 9.84. The Hall–Kier alpha value is -6.21. The molecule has 0 N–H and O–H groups in total. The fourth-order valence-corrected chi connectivity index (χ4v) is 15.6. The summed E-state index contributed by atoms with van der Waals surface area (Å²) in [5.74, 6) is 0. The van der Waals surface area contributed by atoms with Crippen molar-refractivity contribution >= 4 is 77.9 Å². The van der Waals surface area contributed by atoms with Crippen LogP contribution in [0.1, 0.15) is 25.0 Å². The van der Waals surface area contributed by atoms with Crippen LogP contribution in [-0.4, -0.2) is 13.2 Å². The Morgan fingerprint density at radius 3 is 1.26 bits per heavy atom. The molecule has 0 atom stereocenters. The SMILES string of the molecule is CC=C1COCC1=CC(=C([C]#[Os])[P+](c1ccccc1)(c1ccccc1)c1ccccc1)c1c2ccccc2c(-c2c3ccccc3c(/C=C/C)c3ccccc23)c2ccccc12. The van der Waals surface area contributed by atoms with E-state index in [0.29, 0.717) is 13.2 Å². The summed E-state index contributed by atoms with van der Waals surface area (Å²) in [5.41, 5.74) is 8.62. The van der Waals surface area contributed by atoms with Crippen LogP contribution in [0.3, 0.4) is 0 Å². The molecule has 1 saturated heterocycles. The second-order valence-corrected chi connectivity index (χ2v) is 19.7. The number of rotatable bonds is 8. The molecule has 1 fully saturated rings. The second-order valence-electron chi connectivity index (χ2n) is 15.7. The van der Waals surface area contributed by atoms with Gasteiger partial charge >= 0.3 is 364 Å². The van der Waals surface area contributed by atoms with E-state index in [1.807, 2.05) is 17.9 Å². The third-order valence-electron chi connectivity index (χ3n) is 12.5. The van der Waals surface area contributed by atoms with Gasteiger partial charge in [0.05, 0.1) is 0 Å². The van der Waals surface area contributed by atoms with Gasteiger partial charge in [-0.15, -0.1) is 0 Å². The summed E-state index contributed by atoms with van der Waals surface area (Å²) in [6.45, 7) is 5.40.